The first kappa shape index (κ1) is 24.8. The summed E-state index contributed by atoms with van der Waals surface area (Å²) in [5.41, 5.74) is 2.71. The highest BCUT2D eigenvalue weighted by molar-refractivity contribution is 9.10. The van der Waals surface area contributed by atoms with Crippen molar-refractivity contribution in [1.29, 1.82) is 0 Å². The van der Waals surface area contributed by atoms with Crippen LogP contribution in [-0.4, -0.2) is 19.8 Å². The third-order valence-electron chi connectivity index (χ3n) is 6.28. The Bertz CT molecular complexity index is 1910. The summed E-state index contributed by atoms with van der Waals surface area (Å²) in [5.74, 6) is 1.75. The molecule has 6 rings (SSSR count). The Morgan fingerprint density at radius 1 is 0.949 bits per heavy atom. The number of halogens is 1. The number of nitrogens with zero attached hydrogens (tertiary/aromatic N) is 2. The van der Waals surface area contributed by atoms with Crippen molar-refractivity contribution >= 4 is 39.1 Å². The third kappa shape index (κ3) is 5.01. The van der Waals surface area contributed by atoms with Gasteiger partial charge < -0.3 is 14.4 Å². The van der Waals surface area contributed by atoms with Crippen LogP contribution in [0.3, 0.4) is 0 Å². The quantitative estimate of drug-likeness (QED) is 0.192. The van der Waals surface area contributed by atoms with Crippen molar-refractivity contribution in [2.24, 2.45) is 0 Å². The van der Waals surface area contributed by atoms with Crippen molar-refractivity contribution < 1.29 is 14.4 Å². The van der Waals surface area contributed by atoms with Gasteiger partial charge in [-0.2, -0.15) is 0 Å². The van der Waals surface area contributed by atoms with Gasteiger partial charge in [-0.05, 0) is 90.6 Å². The van der Waals surface area contributed by atoms with Crippen LogP contribution in [0.25, 0.3) is 27.9 Å². The van der Waals surface area contributed by atoms with E-state index in [0.29, 0.717) is 28.5 Å². The van der Waals surface area contributed by atoms with Crippen molar-refractivity contribution in [3.8, 4) is 34.4 Å². The highest BCUT2D eigenvalue weighted by Gasteiger charge is 2.17. The molecule has 0 saturated carbocycles. The number of fused-ring (bicyclic) bond motifs is 1. The van der Waals surface area contributed by atoms with Crippen LogP contribution in [0.2, 0.25) is 0 Å². The van der Waals surface area contributed by atoms with E-state index in [1.165, 1.54) is 4.57 Å². The van der Waals surface area contributed by atoms with Gasteiger partial charge >= 0.3 is 0 Å². The van der Waals surface area contributed by atoms with Gasteiger partial charge in [0.25, 0.3) is 5.56 Å². The highest BCUT2D eigenvalue weighted by atomic mass is 79.9. The normalized spacial score (nSPS) is 11.1. The standard InChI is InChI=1S/C30H20BrN3O4S/c31-20-9-7-19(8-10-20)27-24-16-18(6-15-26(24)33-38-27)17-25-28(35)32-30(39)34(29(25)36)21-11-13-23(14-12-21)37-22-4-2-1-3-5-22/h1-16,36H,17H2,(H,32,35,39). The van der Waals surface area contributed by atoms with Crippen LogP contribution in [0.5, 0.6) is 17.4 Å². The summed E-state index contributed by atoms with van der Waals surface area (Å²) >= 11 is 8.84. The van der Waals surface area contributed by atoms with Gasteiger partial charge in [-0.15, -0.1) is 0 Å². The van der Waals surface area contributed by atoms with E-state index in [9.17, 15) is 9.90 Å². The van der Waals surface area contributed by atoms with Crippen LogP contribution < -0.4 is 10.3 Å². The molecule has 39 heavy (non-hydrogen) atoms. The van der Waals surface area contributed by atoms with Crippen LogP contribution >= 0.6 is 28.1 Å². The van der Waals surface area contributed by atoms with E-state index in [0.717, 1.165) is 21.0 Å². The number of aromatic amines is 1. The molecule has 7 nitrogen and oxygen atoms in total. The molecule has 0 unspecified atom stereocenters. The zero-order valence-electron chi connectivity index (χ0n) is 20.3. The maximum Gasteiger partial charge on any atom is 0.259 e. The first-order valence-electron chi connectivity index (χ1n) is 12.0. The van der Waals surface area contributed by atoms with E-state index in [1.54, 1.807) is 24.3 Å². The summed E-state index contributed by atoms with van der Waals surface area (Å²) in [6, 6.07) is 29.9. The van der Waals surface area contributed by atoms with Crippen LogP contribution in [0, 0.1) is 4.77 Å². The van der Waals surface area contributed by atoms with Crippen LogP contribution in [0.1, 0.15) is 11.1 Å². The smallest absolute Gasteiger partial charge is 0.259 e. The van der Waals surface area contributed by atoms with Gasteiger partial charge in [0, 0.05) is 21.8 Å². The number of benzene rings is 4. The van der Waals surface area contributed by atoms with Gasteiger partial charge in [-0.1, -0.05) is 45.4 Å². The average molecular weight is 598 g/mol. The molecule has 0 saturated heterocycles. The molecule has 2 heterocycles. The molecule has 4 aromatic carbocycles. The number of aromatic hydroxyl groups is 1. The summed E-state index contributed by atoms with van der Waals surface area (Å²) in [4.78, 5) is 15.6. The number of aromatic nitrogens is 3. The monoisotopic (exact) mass is 597 g/mol. The molecular weight excluding hydrogens is 578 g/mol. The molecule has 0 radical (unpaired) electrons. The Labute approximate surface area is 236 Å². The van der Waals surface area contributed by atoms with Gasteiger partial charge in [0.1, 0.15) is 17.0 Å². The topological polar surface area (TPSA) is 93.3 Å². The molecule has 192 valence electrons. The zero-order valence-corrected chi connectivity index (χ0v) is 22.7. The summed E-state index contributed by atoms with van der Waals surface area (Å²) in [7, 11) is 0. The van der Waals surface area contributed by atoms with Gasteiger partial charge in [0.05, 0.1) is 11.3 Å². The fraction of sp³-hybridized carbons (Fsp3) is 0.0333. The predicted octanol–water partition coefficient (Wildman–Crippen LogP) is 7.55. The first-order valence-corrected chi connectivity index (χ1v) is 13.2. The van der Waals surface area contributed by atoms with E-state index < -0.39 is 5.56 Å². The average Bonchev–Trinajstić information content (AvgIpc) is 3.36. The first-order chi connectivity index (χ1) is 19.0. The van der Waals surface area contributed by atoms with Gasteiger partial charge in [0.2, 0.25) is 5.88 Å². The molecule has 2 aromatic heterocycles. The Balaban J connectivity index is 1.34. The summed E-state index contributed by atoms with van der Waals surface area (Å²) in [6.07, 6.45) is 0.173. The highest BCUT2D eigenvalue weighted by Crippen LogP contribution is 2.31. The molecule has 0 atom stereocenters. The maximum absolute atomic E-state index is 12.9. The van der Waals surface area contributed by atoms with E-state index in [2.05, 4.69) is 26.1 Å². The Hall–Kier alpha value is -4.47. The molecule has 0 aliphatic heterocycles. The second-order valence-corrected chi connectivity index (χ2v) is 10.2. The zero-order chi connectivity index (χ0) is 26.9. The molecule has 0 bridgehead atoms. The lowest BCUT2D eigenvalue weighted by atomic mass is 10.0. The summed E-state index contributed by atoms with van der Waals surface area (Å²) in [6.45, 7) is 0. The molecule has 0 spiro atoms. The van der Waals surface area contributed by atoms with Crippen molar-refractivity contribution in [1.82, 2.24) is 14.7 Å². The van der Waals surface area contributed by atoms with Crippen molar-refractivity contribution in [2.75, 3.05) is 0 Å². The summed E-state index contributed by atoms with van der Waals surface area (Å²) < 4.78 is 14.0. The second kappa shape index (κ2) is 10.4. The Morgan fingerprint density at radius 3 is 2.41 bits per heavy atom. The van der Waals surface area contributed by atoms with Gasteiger partial charge in [0.15, 0.2) is 10.5 Å². The van der Waals surface area contributed by atoms with E-state index in [4.69, 9.17) is 21.5 Å². The molecule has 6 aromatic rings. The Kier molecular flexibility index (Phi) is 6.60. The second-order valence-electron chi connectivity index (χ2n) is 8.85. The third-order valence-corrected chi connectivity index (χ3v) is 7.09. The van der Waals surface area contributed by atoms with E-state index >= 15 is 0 Å². The van der Waals surface area contributed by atoms with Crippen LogP contribution in [0.15, 0.2) is 111 Å². The van der Waals surface area contributed by atoms with Crippen molar-refractivity contribution in [2.45, 2.75) is 6.42 Å². The molecule has 9 heteroatoms. The molecule has 0 amide bonds. The minimum absolute atomic E-state index is 0.0880. The van der Waals surface area contributed by atoms with Gasteiger partial charge in [-0.3, -0.25) is 14.3 Å². The number of rotatable bonds is 6. The minimum atomic E-state index is -0.448. The van der Waals surface area contributed by atoms with Crippen molar-refractivity contribution in [3.63, 3.8) is 0 Å². The number of hydrogen-bond acceptors (Lipinski definition) is 6. The fourth-order valence-electron chi connectivity index (χ4n) is 4.36. The minimum Gasteiger partial charge on any atom is -0.494 e. The number of hydrogen-bond donors (Lipinski definition) is 2. The Morgan fingerprint density at radius 2 is 1.67 bits per heavy atom. The maximum atomic E-state index is 12.9. The van der Waals surface area contributed by atoms with Crippen molar-refractivity contribution in [3.05, 3.63) is 128 Å². The fourth-order valence-corrected chi connectivity index (χ4v) is 4.91. The number of ether oxygens (including phenoxy) is 1. The van der Waals surface area contributed by atoms with Crippen LogP contribution in [0.4, 0.5) is 0 Å². The van der Waals surface area contributed by atoms with E-state index in [1.807, 2.05) is 72.8 Å². The molecule has 0 aliphatic carbocycles. The lowest BCUT2D eigenvalue weighted by Gasteiger charge is -2.14. The number of para-hydroxylation sites is 1. The van der Waals surface area contributed by atoms with Crippen LogP contribution in [-0.2, 0) is 6.42 Å². The molecular formula is C30H20BrN3O4S. The molecule has 0 aliphatic rings. The number of nitrogens with one attached hydrogen (secondary N) is 1. The molecule has 0 fully saturated rings. The lowest BCUT2D eigenvalue weighted by molar-refractivity contribution is 0.426. The van der Waals surface area contributed by atoms with Gasteiger partial charge in [-0.25, -0.2) is 0 Å². The largest absolute Gasteiger partial charge is 0.494 e. The SMILES string of the molecule is O=c1[nH]c(=S)n(-c2ccc(Oc3ccccc3)cc2)c(O)c1Cc1ccc2noc(-c3ccc(Br)cc3)c2c1. The summed E-state index contributed by atoms with van der Waals surface area (Å²) in [5, 5.41) is 16.2. The predicted molar refractivity (Wildman–Crippen MR) is 155 cm³/mol. The lowest BCUT2D eigenvalue weighted by Crippen LogP contribution is -2.18. The van der Waals surface area contributed by atoms with E-state index in [-0.39, 0.29) is 22.6 Å². The number of H-pyrrole nitrogens is 1. The molecule has 2 N–H and O–H groups in total.